The fraction of sp³-hybridized carbons (Fsp3) is 0.143. The molecule has 0 radical (unpaired) electrons. The lowest BCUT2D eigenvalue weighted by molar-refractivity contribution is -0.385. The van der Waals surface area contributed by atoms with Crippen LogP contribution in [0.1, 0.15) is 25.8 Å². The van der Waals surface area contributed by atoms with Crippen LogP contribution in [0.2, 0.25) is 0 Å². The van der Waals surface area contributed by atoms with Crippen LogP contribution in [0.15, 0.2) is 24.4 Å². The number of benzene rings is 1. The van der Waals surface area contributed by atoms with E-state index in [-0.39, 0.29) is 5.69 Å². The number of aryl methyl sites for hydroxylation is 1. The lowest BCUT2D eigenvalue weighted by Crippen LogP contribution is -1.96. The van der Waals surface area contributed by atoms with Crippen molar-refractivity contribution in [1.82, 2.24) is 4.98 Å². The second-order valence-corrected chi connectivity index (χ2v) is 5.25. The molecule has 0 bridgehead atoms. The smallest absolute Gasteiger partial charge is 0.349 e. The van der Waals surface area contributed by atoms with E-state index in [9.17, 15) is 14.9 Å². The number of rotatable bonds is 4. The molecule has 6 nitrogen and oxygen atoms in total. The van der Waals surface area contributed by atoms with Gasteiger partial charge in [-0.15, -0.1) is 11.3 Å². The first-order valence-electron chi connectivity index (χ1n) is 5.98. The third kappa shape index (κ3) is 3.51. The van der Waals surface area contributed by atoms with Gasteiger partial charge in [-0.05, 0) is 18.6 Å². The molecule has 7 heteroatoms. The highest BCUT2D eigenvalue weighted by atomic mass is 32.1. The van der Waals surface area contributed by atoms with Gasteiger partial charge in [-0.25, -0.2) is 9.78 Å². The Morgan fingerprint density at radius 3 is 2.86 bits per heavy atom. The van der Waals surface area contributed by atoms with Gasteiger partial charge in [0.15, 0.2) is 0 Å². The van der Waals surface area contributed by atoms with E-state index in [2.05, 4.69) is 9.72 Å². The Labute approximate surface area is 124 Å². The summed E-state index contributed by atoms with van der Waals surface area (Å²) in [5, 5.41) is 11.5. The Hall–Kier alpha value is -2.54. The lowest BCUT2D eigenvalue weighted by atomic mass is 10.1. The largest absolute Gasteiger partial charge is 0.465 e. The Morgan fingerprint density at radius 2 is 2.19 bits per heavy atom. The van der Waals surface area contributed by atoms with Crippen LogP contribution < -0.4 is 0 Å². The Morgan fingerprint density at radius 1 is 1.43 bits per heavy atom. The Bertz CT molecular complexity index is 722. The van der Waals surface area contributed by atoms with Crippen molar-refractivity contribution < 1.29 is 14.5 Å². The normalized spacial score (nSPS) is 10.8. The standard InChI is InChI=1S/C14H12N2O4S/c1-9-3-4-10(7-11(9)16(18)19)5-6-13-15-8-12(21-13)14(17)20-2/h3-8H,1-2H3/b6-5+. The minimum Gasteiger partial charge on any atom is -0.465 e. The molecular weight excluding hydrogens is 292 g/mol. The van der Waals surface area contributed by atoms with Gasteiger partial charge in [-0.2, -0.15) is 0 Å². The van der Waals surface area contributed by atoms with Crippen molar-refractivity contribution in [1.29, 1.82) is 0 Å². The van der Waals surface area contributed by atoms with Gasteiger partial charge in [0, 0.05) is 11.6 Å². The second kappa shape index (κ2) is 6.27. The average molecular weight is 304 g/mol. The highest BCUT2D eigenvalue weighted by Crippen LogP contribution is 2.21. The van der Waals surface area contributed by atoms with Gasteiger partial charge >= 0.3 is 5.97 Å². The van der Waals surface area contributed by atoms with Crippen LogP contribution in [0, 0.1) is 17.0 Å². The number of thiazole rings is 1. The van der Waals surface area contributed by atoms with Crippen LogP contribution in [0.25, 0.3) is 12.2 Å². The molecule has 0 atom stereocenters. The first kappa shape index (κ1) is 14.9. The quantitative estimate of drug-likeness (QED) is 0.491. The fourth-order valence-corrected chi connectivity index (χ4v) is 2.39. The molecule has 1 aromatic carbocycles. The number of ether oxygens (including phenoxy) is 1. The van der Waals surface area contributed by atoms with Crippen LogP contribution >= 0.6 is 11.3 Å². The van der Waals surface area contributed by atoms with E-state index < -0.39 is 10.9 Å². The maximum absolute atomic E-state index is 11.3. The summed E-state index contributed by atoms with van der Waals surface area (Å²) in [5.74, 6) is -0.432. The van der Waals surface area contributed by atoms with Crippen molar-refractivity contribution in [2.75, 3.05) is 7.11 Å². The molecule has 0 aliphatic heterocycles. The highest BCUT2D eigenvalue weighted by molar-refractivity contribution is 7.14. The zero-order chi connectivity index (χ0) is 15.4. The van der Waals surface area contributed by atoms with Crippen LogP contribution in [-0.4, -0.2) is 23.0 Å². The third-order valence-corrected chi connectivity index (χ3v) is 3.70. The second-order valence-electron chi connectivity index (χ2n) is 4.19. The number of aromatic nitrogens is 1. The predicted molar refractivity (Wildman–Crippen MR) is 80.2 cm³/mol. The molecule has 0 amide bonds. The first-order chi connectivity index (χ1) is 10.0. The van der Waals surface area contributed by atoms with Gasteiger partial charge in [-0.1, -0.05) is 18.2 Å². The monoisotopic (exact) mass is 304 g/mol. The molecule has 21 heavy (non-hydrogen) atoms. The summed E-state index contributed by atoms with van der Waals surface area (Å²) in [6, 6.07) is 4.98. The summed E-state index contributed by atoms with van der Waals surface area (Å²) in [6.45, 7) is 1.69. The molecule has 0 saturated heterocycles. The number of nitro groups is 1. The highest BCUT2D eigenvalue weighted by Gasteiger charge is 2.11. The zero-order valence-electron chi connectivity index (χ0n) is 11.4. The van der Waals surface area contributed by atoms with Crippen LogP contribution in [0.4, 0.5) is 5.69 Å². The van der Waals surface area contributed by atoms with Crippen molar-refractivity contribution in [3.63, 3.8) is 0 Å². The van der Waals surface area contributed by atoms with Crippen LogP contribution in [-0.2, 0) is 4.74 Å². The van der Waals surface area contributed by atoms with E-state index in [1.807, 2.05) is 0 Å². The molecule has 0 spiro atoms. The van der Waals surface area contributed by atoms with Gasteiger partial charge < -0.3 is 4.74 Å². The summed E-state index contributed by atoms with van der Waals surface area (Å²) >= 11 is 1.19. The number of esters is 1. The maximum Gasteiger partial charge on any atom is 0.349 e. The number of hydrogen-bond acceptors (Lipinski definition) is 6. The lowest BCUT2D eigenvalue weighted by Gasteiger charge is -1.98. The number of methoxy groups -OCH3 is 1. The van der Waals surface area contributed by atoms with Crippen molar-refractivity contribution >= 4 is 35.1 Å². The summed E-state index contributed by atoms with van der Waals surface area (Å²) in [5.41, 5.74) is 1.38. The molecule has 108 valence electrons. The van der Waals surface area contributed by atoms with E-state index >= 15 is 0 Å². The van der Waals surface area contributed by atoms with E-state index in [0.717, 1.165) is 0 Å². The topological polar surface area (TPSA) is 82.3 Å². The molecule has 1 aromatic heterocycles. The van der Waals surface area contributed by atoms with Gasteiger partial charge in [0.25, 0.3) is 5.69 Å². The maximum atomic E-state index is 11.3. The number of nitro benzene ring substituents is 1. The van der Waals surface area contributed by atoms with Crippen LogP contribution in [0.3, 0.4) is 0 Å². The fourth-order valence-electron chi connectivity index (χ4n) is 1.65. The molecule has 0 saturated carbocycles. The molecular formula is C14H12N2O4S. The third-order valence-electron chi connectivity index (χ3n) is 2.76. The van der Waals surface area contributed by atoms with Gasteiger partial charge in [0.2, 0.25) is 0 Å². The summed E-state index contributed by atoms with van der Waals surface area (Å²) < 4.78 is 4.60. The number of carbonyl (C=O) groups is 1. The summed E-state index contributed by atoms with van der Waals surface area (Å²) in [4.78, 5) is 26.3. The number of nitrogens with zero attached hydrogens (tertiary/aromatic N) is 2. The first-order valence-corrected chi connectivity index (χ1v) is 6.80. The Balaban J connectivity index is 2.21. The van der Waals surface area contributed by atoms with Crippen molar-refractivity contribution in [3.8, 4) is 0 Å². The number of carbonyl (C=O) groups excluding carboxylic acids is 1. The van der Waals surface area contributed by atoms with Crippen molar-refractivity contribution in [2.45, 2.75) is 6.92 Å². The average Bonchev–Trinajstić information content (AvgIpc) is 2.94. The molecule has 0 unspecified atom stereocenters. The molecule has 2 rings (SSSR count). The summed E-state index contributed by atoms with van der Waals surface area (Å²) in [6.07, 6.45) is 4.85. The van der Waals surface area contributed by atoms with E-state index in [4.69, 9.17) is 0 Å². The van der Waals surface area contributed by atoms with E-state index in [1.165, 1.54) is 30.7 Å². The van der Waals surface area contributed by atoms with Crippen molar-refractivity contribution in [2.24, 2.45) is 0 Å². The molecule has 0 N–H and O–H groups in total. The van der Waals surface area contributed by atoms with Gasteiger partial charge in [0.1, 0.15) is 9.88 Å². The molecule has 0 aliphatic rings. The predicted octanol–water partition coefficient (Wildman–Crippen LogP) is 3.32. The van der Waals surface area contributed by atoms with Gasteiger partial charge in [0.05, 0.1) is 18.2 Å². The van der Waals surface area contributed by atoms with Crippen molar-refractivity contribution in [3.05, 3.63) is 55.5 Å². The van der Waals surface area contributed by atoms with E-state index in [1.54, 1.807) is 31.2 Å². The number of hydrogen-bond donors (Lipinski definition) is 0. The molecule has 2 aromatic rings. The van der Waals surface area contributed by atoms with Crippen LogP contribution in [0.5, 0.6) is 0 Å². The molecule has 0 fully saturated rings. The Kier molecular flexibility index (Phi) is 4.44. The van der Waals surface area contributed by atoms with Gasteiger partial charge in [-0.3, -0.25) is 10.1 Å². The summed E-state index contributed by atoms with van der Waals surface area (Å²) in [7, 11) is 1.31. The SMILES string of the molecule is COC(=O)c1cnc(/C=C/c2ccc(C)c([N+](=O)[O-])c2)s1. The zero-order valence-corrected chi connectivity index (χ0v) is 12.2. The molecule has 1 heterocycles. The minimum atomic E-state index is -0.432. The minimum absolute atomic E-state index is 0.0755. The molecule has 0 aliphatic carbocycles. The van der Waals surface area contributed by atoms with E-state index in [0.29, 0.717) is 21.0 Å².